The molecule has 2 amide bonds. The van der Waals surface area contributed by atoms with E-state index in [0.717, 1.165) is 6.42 Å². The third kappa shape index (κ3) is 5.01. The van der Waals surface area contributed by atoms with Gasteiger partial charge in [0.05, 0.1) is 18.6 Å². The molecule has 1 aliphatic heterocycles. The van der Waals surface area contributed by atoms with Crippen LogP contribution < -0.4 is 5.32 Å². The van der Waals surface area contributed by atoms with Gasteiger partial charge in [-0.15, -0.1) is 0 Å². The molecular formula is C18H23FN2O4. The van der Waals surface area contributed by atoms with Gasteiger partial charge in [0.2, 0.25) is 5.91 Å². The Morgan fingerprint density at radius 2 is 2.08 bits per heavy atom. The Morgan fingerprint density at radius 1 is 1.36 bits per heavy atom. The quantitative estimate of drug-likeness (QED) is 0.793. The van der Waals surface area contributed by atoms with Gasteiger partial charge in [0.25, 0.3) is 5.91 Å². The van der Waals surface area contributed by atoms with Gasteiger partial charge in [-0.1, -0.05) is 26.0 Å². The number of benzene rings is 1. The van der Waals surface area contributed by atoms with Crippen molar-refractivity contribution in [3.8, 4) is 0 Å². The van der Waals surface area contributed by atoms with Crippen LogP contribution in [-0.4, -0.2) is 48.4 Å². The lowest BCUT2D eigenvalue weighted by atomic mass is 10.1. The van der Waals surface area contributed by atoms with E-state index in [-0.39, 0.29) is 31.7 Å². The smallest absolute Gasteiger partial charge is 0.308 e. The van der Waals surface area contributed by atoms with Crippen LogP contribution in [-0.2, 0) is 14.3 Å². The van der Waals surface area contributed by atoms with Crippen LogP contribution in [0.25, 0.3) is 0 Å². The third-order valence-electron chi connectivity index (χ3n) is 4.01. The second-order valence-electron chi connectivity index (χ2n) is 6.39. The first-order valence-corrected chi connectivity index (χ1v) is 8.39. The number of carbonyl (C=O) groups is 3. The summed E-state index contributed by atoms with van der Waals surface area (Å²) in [7, 11) is 0. The number of nitrogens with zero attached hydrogens (tertiary/aromatic N) is 1. The van der Waals surface area contributed by atoms with Gasteiger partial charge in [0, 0.05) is 13.1 Å². The zero-order valence-corrected chi connectivity index (χ0v) is 14.5. The maximum atomic E-state index is 13.9. The highest BCUT2D eigenvalue weighted by Gasteiger charge is 2.36. The molecule has 1 unspecified atom stereocenters. The highest BCUT2D eigenvalue weighted by Crippen LogP contribution is 2.17. The Kier molecular flexibility index (Phi) is 6.50. The van der Waals surface area contributed by atoms with Crippen molar-refractivity contribution in [2.24, 2.45) is 5.92 Å². The van der Waals surface area contributed by atoms with E-state index in [1.165, 1.54) is 23.1 Å². The first-order valence-electron chi connectivity index (χ1n) is 8.39. The first-order chi connectivity index (χ1) is 11.9. The van der Waals surface area contributed by atoms with Crippen LogP contribution in [0.3, 0.4) is 0 Å². The van der Waals surface area contributed by atoms with Crippen molar-refractivity contribution in [2.45, 2.75) is 32.7 Å². The monoisotopic (exact) mass is 350 g/mol. The summed E-state index contributed by atoms with van der Waals surface area (Å²) in [6.07, 6.45) is 0.477. The van der Waals surface area contributed by atoms with Gasteiger partial charge >= 0.3 is 5.97 Å². The van der Waals surface area contributed by atoms with E-state index in [2.05, 4.69) is 5.32 Å². The number of rotatable bonds is 6. The van der Waals surface area contributed by atoms with Crippen LogP contribution in [0.1, 0.15) is 37.0 Å². The summed E-state index contributed by atoms with van der Waals surface area (Å²) in [4.78, 5) is 38.0. The van der Waals surface area contributed by atoms with Crippen LogP contribution in [0.5, 0.6) is 0 Å². The van der Waals surface area contributed by atoms with Gasteiger partial charge in [-0.05, 0) is 24.5 Å². The molecule has 0 bridgehead atoms. The molecule has 1 aromatic rings. The lowest BCUT2D eigenvalue weighted by Gasteiger charge is -2.34. The minimum atomic E-state index is -0.993. The zero-order valence-electron chi connectivity index (χ0n) is 14.5. The van der Waals surface area contributed by atoms with Crippen LogP contribution in [0.2, 0.25) is 0 Å². The predicted molar refractivity (Wildman–Crippen MR) is 89.3 cm³/mol. The summed E-state index contributed by atoms with van der Waals surface area (Å²) in [6.45, 7) is 4.77. The maximum Gasteiger partial charge on any atom is 0.308 e. The van der Waals surface area contributed by atoms with E-state index in [0.29, 0.717) is 5.92 Å². The van der Waals surface area contributed by atoms with Crippen LogP contribution in [0, 0.1) is 11.7 Å². The van der Waals surface area contributed by atoms with Crippen molar-refractivity contribution in [3.05, 3.63) is 35.6 Å². The molecule has 1 aromatic carbocycles. The molecule has 1 atom stereocenters. The van der Waals surface area contributed by atoms with Crippen molar-refractivity contribution in [1.29, 1.82) is 0 Å². The van der Waals surface area contributed by atoms with Crippen LogP contribution in [0.4, 0.5) is 4.39 Å². The van der Waals surface area contributed by atoms with E-state index in [1.54, 1.807) is 6.07 Å². The molecule has 1 saturated heterocycles. The summed E-state index contributed by atoms with van der Waals surface area (Å²) in [5.74, 6) is -1.85. The van der Waals surface area contributed by atoms with Crippen molar-refractivity contribution < 1.29 is 23.5 Å². The fraction of sp³-hybridized carbons (Fsp3) is 0.500. The van der Waals surface area contributed by atoms with Crippen molar-refractivity contribution in [3.63, 3.8) is 0 Å². The SMILES string of the molecule is CC(C)CCOC(=O)CC1C(=O)NCCN1C(=O)c1ccccc1F. The average molecular weight is 350 g/mol. The summed E-state index contributed by atoms with van der Waals surface area (Å²) >= 11 is 0. The topological polar surface area (TPSA) is 75.7 Å². The lowest BCUT2D eigenvalue weighted by molar-refractivity contribution is -0.148. The molecule has 1 fully saturated rings. The molecule has 0 spiro atoms. The zero-order chi connectivity index (χ0) is 18.4. The van der Waals surface area contributed by atoms with E-state index in [4.69, 9.17) is 4.74 Å². The van der Waals surface area contributed by atoms with Crippen molar-refractivity contribution in [2.75, 3.05) is 19.7 Å². The number of ether oxygens (including phenoxy) is 1. The minimum Gasteiger partial charge on any atom is -0.466 e. The average Bonchev–Trinajstić information content (AvgIpc) is 2.56. The number of hydrogen-bond acceptors (Lipinski definition) is 4. The molecule has 0 radical (unpaired) electrons. The van der Waals surface area contributed by atoms with E-state index in [1.807, 2.05) is 13.8 Å². The second-order valence-corrected chi connectivity index (χ2v) is 6.39. The first kappa shape index (κ1) is 18.9. The molecule has 0 saturated carbocycles. The third-order valence-corrected chi connectivity index (χ3v) is 4.01. The summed E-state index contributed by atoms with van der Waals surface area (Å²) < 4.78 is 19.0. The Labute approximate surface area is 146 Å². The van der Waals surface area contributed by atoms with Crippen LogP contribution >= 0.6 is 0 Å². The summed E-state index contributed by atoms with van der Waals surface area (Å²) in [5, 5.41) is 2.63. The fourth-order valence-electron chi connectivity index (χ4n) is 2.58. The van der Waals surface area contributed by atoms with E-state index in [9.17, 15) is 18.8 Å². The normalized spacial score (nSPS) is 17.4. The number of carbonyl (C=O) groups excluding carboxylic acids is 3. The number of halogens is 1. The van der Waals surface area contributed by atoms with Crippen molar-refractivity contribution in [1.82, 2.24) is 10.2 Å². The Hall–Kier alpha value is -2.44. The van der Waals surface area contributed by atoms with Crippen LogP contribution in [0.15, 0.2) is 24.3 Å². The number of nitrogens with one attached hydrogen (secondary N) is 1. The minimum absolute atomic E-state index is 0.115. The lowest BCUT2D eigenvalue weighted by Crippen LogP contribution is -2.58. The molecular weight excluding hydrogens is 327 g/mol. The number of piperazine rings is 1. The van der Waals surface area contributed by atoms with Crippen molar-refractivity contribution >= 4 is 17.8 Å². The number of esters is 1. The molecule has 0 aromatic heterocycles. The summed E-state index contributed by atoms with van der Waals surface area (Å²) in [5.41, 5.74) is -0.115. The summed E-state index contributed by atoms with van der Waals surface area (Å²) in [6, 6.07) is 4.59. The standard InChI is InChI=1S/C18H23FN2O4/c1-12(2)7-10-25-16(22)11-15-17(23)20-8-9-21(15)18(24)13-5-3-4-6-14(13)19/h3-6,12,15H,7-11H2,1-2H3,(H,20,23). The molecule has 1 heterocycles. The van der Waals surface area contributed by atoms with Gasteiger partial charge in [0.1, 0.15) is 11.9 Å². The van der Waals surface area contributed by atoms with E-state index >= 15 is 0 Å². The Morgan fingerprint density at radius 3 is 2.76 bits per heavy atom. The van der Waals surface area contributed by atoms with E-state index < -0.39 is 29.6 Å². The van der Waals surface area contributed by atoms with Gasteiger partial charge < -0.3 is 15.0 Å². The Balaban J connectivity index is 2.07. The van der Waals surface area contributed by atoms with Gasteiger partial charge in [0.15, 0.2) is 0 Å². The predicted octanol–water partition coefficient (Wildman–Crippen LogP) is 1.75. The Bertz CT molecular complexity index is 648. The molecule has 7 heteroatoms. The molecule has 0 aliphatic carbocycles. The van der Waals surface area contributed by atoms with Gasteiger partial charge in [-0.3, -0.25) is 14.4 Å². The largest absolute Gasteiger partial charge is 0.466 e. The van der Waals surface area contributed by atoms with Gasteiger partial charge in [-0.2, -0.15) is 0 Å². The molecule has 2 rings (SSSR count). The molecule has 1 aliphatic rings. The second kappa shape index (κ2) is 8.60. The highest BCUT2D eigenvalue weighted by molar-refractivity contribution is 5.99. The highest BCUT2D eigenvalue weighted by atomic mass is 19.1. The number of hydrogen-bond donors (Lipinski definition) is 1. The molecule has 1 N–H and O–H groups in total. The number of amides is 2. The molecule has 25 heavy (non-hydrogen) atoms. The molecule has 6 nitrogen and oxygen atoms in total. The molecule has 136 valence electrons. The fourth-order valence-corrected chi connectivity index (χ4v) is 2.58. The maximum absolute atomic E-state index is 13.9. The van der Waals surface area contributed by atoms with Gasteiger partial charge in [-0.25, -0.2) is 4.39 Å².